The lowest BCUT2D eigenvalue weighted by Gasteiger charge is -2.28. The number of anilines is 3. The molecule has 0 spiro atoms. The molecule has 2 heteroatoms. The second kappa shape index (κ2) is 16.8. The first-order valence-electron chi connectivity index (χ1n) is 22.7. The lowest BCUT2D eigenvalue weighted by molar-refractivity contribution is 1.18. The van der Waals surface area contributed by atoms with Crippen LogP contribution in [0.4, 0.5) is 17.1 Å². The largest absolute Gasteiger partial charge is 0.310 e. The minimum Gasteiger partial charge on any atom is -0.310 e. The Morgan fingerprint density at radius 1 is 0.273 bits per heavy atom. The molecule has 1 heterocycles. The van der Waals surface area contributed by atoms with Gasteiger partial charge in [0.05, 0.1) is 16.7 Å². The summed E-state index contributed by atoms with van der Waals surface area (Å²) in [6.07, 6.45) is 0. The molecule has 0 bridgehead atoms. The number of fused-ring (bicyclic) bond motifs is 4. The predicted octanol–water partition coefficient (Wildman–Crippen LogP) is 17.7. The van der Waals surface area contributed by atoms with Crippen LogP contribution in [0.5, 0.6) is 0 Å². The fourth-order valence-corrected chi connectivity index (χ4v) is 9.95. The molecule has 1 aromatic heterocycles. The number of hydrogen-bond donors (Lipinski definition) is 0. The van der Waals surface area contributed by atoms with Crippen molar-refractivity contribution < 1.29 is 0 Å². The highest BCUT2D eigenvalue weighted by Crippen LogP contribution is 2.46. The van der Waals surface area contributed by atoms with Crippen molar-refractivity contribution >= 4 is 49.6 Å². The first-order chi connectivity index (χ1) is 32.8. The van der Waals surface area contributed by atoms with E-state index in [9.17, 15) is 0 Å². The zero-order valence-corrected chi connectivity index (χ0v) is 36.3. The maximum Gasteiger partial charge on any atom is 0.0547 e. The summed E-state index contributed by atoms with van der Waals surface area (Å²) in [5, 5.41) is 5.00. The van der Waals surface area contributed by atoms with Crippen molar-refractivity contribution in [3.05, 3.63) is 267 Å². The van der Waals surface area contributed by atoms with Crippen molar-refractivity contribution in [2.45, 2.75) is 0 Å². The summed E-state index contributed by atoms with van der Waals surface area (Å²) in [4.78, 5) is 2.42. The Bertz CT molecular complexity index is 3660. The van der Waals surface area contributed by atoms with Crippen LogP contribution in [-0.4, -0.2) is 4.57 Å². The van der Waals surface area contributed by atoms with E-state index < -0.39 is 0 Å². The highest BCUT2D eigenvalue weighted by molar-refractivity contribution is 6.21. The molecule has 0 saturated carbocycles. The zero-order valence-electron chi connectivity index (χ0n) is 36.3. The first-order valence-corrected chi connectivity index (χ1v) is 22.7. The van der Waals surface area contributed by atoms with Crippen LogP contribution in [-0.2, 0) is 0 Å². The van der Waals surface area contributed by atoms with Crippen LogP contribution in [0.3, 0.4) is 0 Å². The minimum absolute atomic E-state index is 1.08. The summed E-state index contributed by atoms with van der Waals surface area (Å²) < 4.78 is 2.42. The van der Waals surface area contributed by atoms with E-state index in [-0.39, 0.29) is 0 Å². The molecule has 12 rings (SSSR count). The molecule has 0 amide bonds. The average Bonchev–Trinajstić information content (AvgIpc) is 3.75. The molecule has 0 aliphatic carbocycles. The Morgan fingerprint density at radius 3 is 1.42 bits per heavy atom. The van der Waals surface area contributed by atoms with E-state index in [0.717, 1.165) is 33.9 Å². The summed E-state index contributed by atoms with van der Waals surface area (Å²) in [5.41, 5.74) is 18.7. The molecule has 66 heavy (non-hydrogen) atoms. The van der Waals surface area contributed by atoms with Gasteiger partial charge in [0.2, 0.25) is 0 Å². The van der Waals surface area contributed by atoms with E-state index in [1.54, 1.807) is 0 Å². The molecule has 0 N–H and O–H groups in total. The van der Waals surface area contributed by atoms with Crippen molar-refractivity contribution in [3.8, 4) is 61.3 Å². The number of rotatable bonds is 9. The van der Waals surface area contributed by atoms with Crippen molar-refractivity contribution in [1.82, 2.24) is 4.57 Å². The maximum atomic E-state index is 2.42. The van der Waals surface area contributed by atoms with Crippen LogP contribution < -0.4 is 4.90 Å². The van der Waals surface area contributed by atoms with E-state index in [2.05, 4.69) is 276 Å². The normalized spacial score (nSPS) is 11.3. The molecule has 310 valence electrons. The van der Waals surface area contributed by atoms with Gasteiger partial charge in [0, 0.05) is 33.4 Å². The van der Waals surface area contributed by atoms with Gasteiger partial charge >= 0.3 is 0 Å². The molecule has 0 aliphatic heterocycles. The molecule has 12 aromatic rings. The average molecular weight is 841 g/mol. The number of aromatic nitrogens is 1. The van der Waals surface area contributed by atoms with E-state index in [1.165, 1.54) is 77.1 Å². The third-order valence-corrected chi connectivity index (χ3v) is 13.0. The van der Waals surface area contributed by atoms with Gasteiger partial charge in [-0.15, -0.1) is 0 Å². The van der Waals surface area contributed by atoms with Gasteiger partial charge in [-0.2, -0.15) is 0 Å². The predicted molar refractivity (Wildman–Crippen MR) is 280 cm³/mol. The minimum atomic E-state index is 1.08. The highest BCUT2D eigenvalue weighted by atomic mass is 15.1. The molecule has 0 fully saturated rings. The number of nitrogens with zero attached hydrogens (tertiary/aromatic N) is 2. The molecule has 0 atom stereocenters. The van der Waals surface area contributed by atoms with Crippen LogP contribution in [0, 0.1) is 0 Å². The van der Waals surface area contributed by atoms with Gasteiger partial charge in [-0.3, -0.25) is 0 Å². The summed E-state index contributed by atoms with van der Waals surface area (Å²) in [6, 6.07) is 96.8. The second-order valence-electron chi connectivity index (χ2n) is 16.9. The van der Waals surface area contributed by atoms with Gasteiger partial charge in [-0.25, -0.2) is 0 Å². The Hall–Kier alpha value is -8.72. The van der Waals surface area contributed by atoms with Crippen molar-refractivity contribution in [3.63, 3.8) is 0 Å². The molecule has 0 saturated heterocycles. The van der Waals surface area contributed by atoms with Gasteiger partial charge in [0.15, 0.2) is 0 Å². The van der Waals surface area contributed by atoms with Crippen molar-refractivity contribution in [2.75, 3.05) is 4.90 Å². The number of para-hydroxylation sites is 2. The molecular formula is C64H44N2. The highest BCUT2D eigenvalue weighted by Gasteiger charge is 2.22. The zero-order chi connectivity index (χ0) is 43.8. The fourth-order valence-electron chi connectivity index (χ4n) is 9.95. The third-order valence-electron chi connectivity index (χ3n) is 13.0. The number of benzene rings is 11. The molecule has 0 aliphatic rings. The lowest BCUT2D eigenvalue weighted by Crippen LogP contribution is -2.11. The van der Waals surface area contributed by atoms with Gasteiger partial charge in [-0.05, 0) is 115 Å². The van der Waals surface area contributed by atoms with Gasteiger partial charge < -0.3 is 9.47 Å². The van der Waals surface area contributed by atoms with E-state index in [4.69, 9.17) is 0 Å². The topological polar surface area (TPSA) is 8.17 Å². The number of hydrogen-bond acceptors (Lipinski definition) is 1. The quantitative estimate of drug-likeness (QED) is 0.141. The van der Waals surface area contributed by atoms with Crippen LogP contribution in [0.25, 0.3) is 93.9 Å². The van der Waals surface area contributed by atoms with Crippen molar-refractivity contribution in [1.29, 1.82) is 0 Å². The lowest BCUT2D eigenvalue weighted by atomic mass is 9.94. The fraction of sp³-hybridized carbons (Fsp3) is 0. The summed E-state index contributed by atoms with van der Waals surface area (Å²) >= 11 is 0. The molecular weight excluding hydrogens is 797 g/mol. The van der Waals surface area contributed by atoms with Crippen LogP contribution in [0.15, 0.2) is 267 Å². The van der Waals surface area contributed by atoms with Gasteiger partial charge in [0.25, 0.3) is 0 Å². The maximum absolute atomic E-state index is 2.42. The van der Waals surface area contributed by atoms with Crippen LogP contribution in [0.1, 0.15) is 0 Å². The van der Waals surface area contributed by atoms with E-state index >= 15 is 0 Å². The van der Waals surface area contributed by atoms with Gasteiger partial charge in [0.1, 0.15) is 0 Å². The second-order valence-corrected chi connectivity index (χ2v) is 16.9. The van der Waals surface area contributed by atoms with Crippen LogP contribution >= 0.6 is 0 Å². The molecule has 0 unspecified atom stereocenters. The van der Waals surface area contributed by atoms with E-state index in [1.807, 2.05) is 0 Å². The Kier molecular flexibility index (Phi) is 9.89. The molecule has 0 radical (unpaired) electrons. The first kappa shape index (κ1) is 38.9. The third kappa shape index (κ3) is 6.93. The Morgan fingerprint density at radius 2 is 0.727 bits per heavy atom. The molecule has 2 nitrogen and oxygen atoms in total. The summed E-state index contributed by atoms with van der Waals surface area (Å²) in [7, 11) is 0. The summed E-state index contributed by atoms with van der Waals surface area (Å²) in [6.45, 7) is 0. The Balaban J connectivity index is 1.01. The SMILES string of the molecule is c1ccc(-c2ccccc2N(c2ccc(-c3ccc(-c4cccc5ccccc45)cc3)cc2)c2cccc(-c3cccc4c3c3c(-c5ccccc5)cccc3n4-c3ccccc3)c2)cc1. The van der Waals surface area contributed by atoms with Crippen LogP contribution in [0.2, 0.25) is 0 Å². The van der Waals surface area contributed by atoms with Gasteiger partial charge in [-0.1, -0.05) is 212 Å². The summed E-state index contributed by atoms with van der Waals surface area (Å²) in [5.74, 6) is 0. The van der Waals surface area contributed by atoms with Crippen molar-refractivity contribution in [2.24, 2.45) is 0 Å². The smallest absolute Gasteiger partial charge is 0.0547 e. The standard InChI is InChI=1S/C64H44N2/c1-4-18-48(19-5-1)57-29-12-13-33-60(57)65(53-42-40-46(41-43-53)45-36-38-50(39-37-45)56-30-15-23-47-22-10-11-28-55(47)56)54-27-14-24-51(44-54)59-32-17-35-62-64(59)63-58(49-20-6-2-7-21-49)31-16-34-61(63)66(62)52-25-8-3-9-26-52/h1-44H. The Labute approximate surface area is 385 Å². The molecule has 11 aromatic carbocycles. The van der Waals surface area contributed by atoms with E-state index in [0.29, 0.717) is 0 Å². The monoisotopic (exact) mass is 840 g/mol.